The van der Waals surface area contributed by atoms with Gasteiger partial charge in [-0.25, -0.2) is 0 Å². The molecule has 18 heavy (non-hydrogen) atoms. The molecule has 0 N–H and O–H groups in total. The molecule has 94 valence electrons. The van der Waals surface area contributed by atoms with Crippen molar-refractivity contribution in [3.8, 4) is 11.5 Å². The van der Waals surface area contributed by atoms with Crippen molar-refractivity contribution in [1.29, 1.82) is 0 Å². The number of hydrogen-bond donors (Lipinski definition) is 0. The van der Waals surface area contributed by atoms with Crippen molar-refractivity contribution < 1.29 is 9.16 Å². The molecule has 2 nitrogen and oxygen atoms in total. The Morgan fingerprint density at radius 3 is 2.11 bits per heavy atom. The first-order chi connectivity index (χ1) is 8.63. The van der Waals surface area contributed by atoms with E-state index in [2.05, 4.69) is 19.2 Å². The van der Waals surface area contributed by atoms with Gasteiger partial charge in [0.2, 0.25) is 8.32 Å². The monoisotopic (exact) mass is 258 g/mol. The third-order valence-electron chi connectivity index (χ3n) is 3.02. The van der Waals surface area contributed by atoms with Gasteiger partial charge in [-0.1, -0.05) is 36.4 Å². The van der Waals surface area contributed by atoms with Crippen LogP contribution in [0.5, 0.6) is 11.5 Å². The maximum absolute atomic E-state index is 5.95. The second-order valence-electron chi connectivity index (χ2n) is 4.63. The minimum absolute atomic E-state index is 0.853. The third kappa shape index (κ3) is 2.81. The molecule has 0 unspecified atom stereocenters. The molecule has 2 aromatic rings. The minimum Gasteiger partial charge on any atom is -0.457 e. The molecule has 0 aliphatic rings. The topological polar surface area (TPSA) is 18.5 Å². The molecule has 0 fully saturated rings. The van der Waals surface area contributed by atoms with Crippen LogP contribution in [0, 0.1) is 0 Å². The molecular formula is C15H18O2Si. The van der Waals surface area contributed by atoms with E-state index >= 15 is 0 Å². The van der Waals surface area contributed by atoms with Crippen LogP contribution in [0.3, 0.4) is 0 Å². The van der Waals surface area contributed by atoms with Gasteiger partial charge in [0, 0.05) is 12.3 Å². The molecule has 0 saturated carbocycles. The average Bonchev–Trinajstić information content (AvgIpc) is 2.40. The van der Waals surface area contributed by atoms with Gasteiger partial charge < -0.3 is 9.16 Å². The normalized spacial score (nSPS) is 11.3. The van der Waals surface area contributed by atoms with Gasteiger partial charge >= 0.3 is 0 Å². The molecule has 0 aliphatic carbocycles. The van der Waals surface area contributed by atoms with E-state index in [-0.39, 0.29) is 0 Å². The highest BCUT2D eigenvalue weighted by atomic mass is 28.4. The van der Waals surface area contributed by atoms with Gasteiger partial charge in [0.05, 0.1) is 0 Å². The molecule has 0 saturated heterocycles. The van der Waals surface area contributed by atoms with E-state index in [0.717, 1.165) is 11.5 Å². The maximum atomic E-state index is 5.95. The van der Waals surface area contributed by atoms with Gasteiger partial charge in [-0.3, -0.25) is 0 Å². The van der Waals surface area contributed by atoms with Crippen molar-refractivity contribution in [2.45, 2.75) is 13.1 Å². The summed E-state index contributed by atoms with van der Waals surface area (Å²) in [6, 6.07) is 17.9. The number of para-hydroxylation sites is 2. The van der Waals surface area contributed by atoms with Crippen LogP contribution in [0.25, 0.3) is 0 Å². The fourth-order valence-electron chi connectivity index (χ4n) is 1.78. The highest BCUT2D eigenvalue weighted by Gasteiger charge is 2.27. The molecular weight excluding hydrogens is 240 g/mol. The molecule has 0 spiro atoms. The Kier molecular flexibility index (Phi) is 3.84. The summed E-state index contributed by atoms with van der Waals surface area (Å²) in [6.07, 6.45) is 0. The van der Waals surface area contributed by atoms with E-state index in [9.17, 15) is 0 Å². The first kappa shape index (κ1) is 12.9. The second-order valence-corrected chi connectivity index (χ2v) is 8.59. The summed E-state index contributed by atoms with van der Waals surface area (Å²) in [4.78, 5) is 0. The lowest BCUT2D eigenvalue weighted by Gasteiger charge is -2.23. The quantitative estimate of drug-likeness (QED) is 0.781. The Morgan fingerprint density at radius 2 is 1.44 bits per heavy atom. The Labute approximate surface area is 109 Å². The summed E-state index contributed by atoms with van der Waals surface area (Å²) in [5, 5.41) is 1.18. The van der Waals surface area contributed by atoms with Gasteiger partial charge in [-0.2, -0.15) is 0 Å². The lowest BCUT2D eigenvalue weighted by molar-refractivity contribution is 0.413. The standard InChI is InChI=1S/C15H18O2Si/c1-16-18(2,3)15-12-8-7-11-14(15)17-13-9-5-4-6-10-13/h4-12H,1-3H3. The largest absolute Gasteiger partial charge is 0.457 e. The summed E-state index contributed by atoms with van der Waals surface area (Å²) in [5.74, 6) is 1.74. The number of hydrogen-bond acceptors (Lipinski definition) is 2. The summed E-state index contributed by atoms with van der Waals surface area (Å²) in [7, 11) is -0.107. The van der Waals surface area contributed by atoms with Crippen molar-refractivity contribution in [2.75, 3.05) is 7.11 Å². The first-order valence-corrected chi connectivity index (χ1v) is 8.92. The molecule has 0 aliphatic heterocycles. The van der Waals surface area contributed by atoms with Crippen LogP contribution in [0.4, 0.5) is 0 Å². The summed E-state index contributed by atoms with van der Waals surface area (Å²) >= 11 is 0. The van der Waals surface area contributed by atoms with E-state index in [4.69, 9.17) is 9.16 Å². The van der Waals surface area contributed by atoms with Crippen LogP contribution in [0.1, 0.15) is 0 Å². The lowest BCUT2D eigenvalue weighted by Crippen LogP contribution is -2.44. The molecule has 0 heterocycles. The zero-order chi connectivity index (χ0) is 13.0. The second kappa shape index (κ2) is 5.37. The molecule has 3 heteroatoms. The van der Waals surface area contributed by atoms with Crippen molar-refractivity contribution >= 4 is 13.5 Å². The Morgan fingerprint density at radius 1 is 0.833 bits per heavy atom. The molecule has 0 radical (unpaired) electrons. The molecule has 0 atom stereocenters. The Hall–Kier alpha value is -1.58. The minimum atomic E-state index is -1.88. The summed E-state index contributed by atoms with van der Waals surface area (Å²) < 4.78 is 11.6. The Balaban J connectivity index is 2.34. The maximum Gasteiger partial charge on any atom is 0.221 e. The predicted molar refractivity (Wildman–Crippen MR) is 77.1 cm³/mol. The SMILES string of the molecule is CO[Si](C)(C)c1ccccc1Oc1ccccc1. The highest BCUT2D eigenvalue weighted by molar-refractivity contribution is 6.85. The first-order valence-electron chi connectivity index (χ1n) is 6.01. The fraction of sp³-hybridized carbons (Fsp3) is 0.200. The molecule has 2 aromatic carbocycles. The molecule has 2 rings (SSSR count). The van der Waals surface area contributed by atoms with E-state index < -0.39 is 8.32 Å². The smallest absolute Gasteiger partial charge is 0.221 e. The Bertz CT molecular complexity index is 509. The van der Waals surface area contributed by atoms with E-state index in [1.54, 1.807) is 7.11 Å². The lowest BCUT2D eigenvalue weighted by atomic mass is 10.3. The summed E-state index contributed by atoms with van der Waals surface area (Å²) in [6.45, 7) is 4.33. The van der Waals surface area contributed by atoms with E-state index in [0.29, 0.717) is 0 Å². The van der Waals surface area contributed by atoms with Crippen LogP contribution < -0.4 is 9.92 Å². The van der Waals surface area contributed by atoms with Gasteiger partial charge in [0.1, 0.15) is 11.5 Å². The number of benzene rings is 2. The van der Waals surface area contributed by atoms with E-state index in [1.807, 2.05) is 48.5 Å². The van der Waals surface area contributed by atoms with Crippen LogP contribution >= 0.6 is 0 Å². The van der Waals surface area contributed by atoms with E-state index in [1.165, 1.54) is 5.19 Å². The fourth-order valence-corrected chi connectivity index (χ4v) is 3.22. The van der Waals surface area contributed by atoms with Crippen molar-refractivity contribution in [2.24, 2.45) is 0 Å². The molecule has 0 amide bonds. The zero-order valence-electron chi connectivity index (χ0n) is 11.0. The third-order valence-corrected chi connectivity index (χ3v) is 5.75. The summed E-state index contributed by atoms with van der Waals surface area (Å²) in [5.41, 5.74) is 0. The van der Waals surface area contributed by atoms with Crippen LogP contribution in [-0.4, -0.2) is 15.4 Å². The van der Waals surface area contributed by atoms with Crippen LogP contribution in [0.15, 0.2) is 54.6 Å². The van der Waals surface area contributed by atoms with Gasteiger partial charge in [0.25, 0.3) is 0 Å². The number of rotatable bonds is 4. The zero-order valence-corrected chi connectivity index (χ0v) is 12.0. The highest BCUT2D eigenvalue weighted by Crippen LogP contribution is 2.21. The predicted octanol–water partition coefficient (Wildman–Crippen LogP) is 3.54. The van der Waals surface area contributed by atoms with Crippen molar-refractivity contribution in [3.05, 3.63) is 54.6 Å². The van der Waals surface area contributed by atoms with Crippen molar-refractivity contribution in [1.82, 2.24) is 0 Å². The van der Waals surface area contributed by atoms with Gasteiger partial charge in [0.15, 0.2) is 0 Å². The molecule has 0 bridgehead atoms. The average molecular weight is 258 g/mol. The van der Waals surface area contributed by atoms with Crippen LogP contribution in [0.2, 0.25) is 13.1 Å². The van der Waals surface area contributed by atoms with Gasteiger partial charge in [-0.15, -0.1) is 0 Å². The number of ether oxygens (including phenoxy) is 1. The molecule has 0 aromatic heterocycles. The van der Waals surface area contributed by atoms with Crippen LogP contribution in [-0.2, 0) is 4.43 Å². The van der Waals surface area contributed by atoms with Crippen molar-refractivity contribution in [3.63, 3.8) is 0 Å². The van der Waals surface area contributed by atoms with Gasteiger partial charge in [-0.05, 0) is 31.3 Å².